The Labute approximate surface area is 165 Å². The summed E-state index contributed by atoms with van der Waals surface area (Å²) in [6.07, 6.45) is 1.42. The molecule has 2 aromatic heterocycles. The third kappa shape index (κ3) is 4.22. The first kappa shape index (κ1) is 20.4. The molecule has 3 rings (SSSR count). The van der Waals surface area contributed by atoms with Gasteiger partial charge in [-0.05, 0) is 33.8 Å². The number of carbonyl (C=O) groups is 1. The van der Waals surface area contributed by atoms with Crippen molar-refractivity contribution < 1.29 is 13.2 Å². The normalized spacial score (nSPS) is 15.8. The van der Waals surface area contributed by atoms with Gasteiger partial charge in [0.1, 0.15) is 0 Å². The average Bonchev–Trinajstić information content (AvgIpc) is 2.88. The Morgan fingerprint density at radius 3 is 2.14 bits per heavy atom. The van der Waals surface area contributed by atoms with E-state index in [-0.39, 0.29) is 12.3 Å². The summed E-state index contributed by atoms with van der Waals surface area (Å²) in [5.41, 5.74) is 4.18. The zero-order valence-corrected chi connectivity index (χ0v) is 17.7. The first-order valence-corrected chi connectivity index (χ1v) is 11.0. The zero-order valence-electron chi connectivity index (χ0n) is 16.9. The third-order valence-electron chi connectivity index (χ3n) is 4.99. The standard InChI is InChI=1S/C18H26N6O3S/c1-12-10-13(2)20-18(19-12)24-15(4)16(14(3)21-24)11-17(25)22-6-8-23(9-7-22)28(5,26)27/h10H,6-9,11H2,1-5H3. The summed E-state index contributed by atoms with van der Waals surface area (Å²) in [5, 5.41) is 4.54. The van der Waals surface area contributed by atoms with Crippen LogP contribution in [0.1, 0.15) is 28.3 Å². The minimum Gasteiger partial charge on any atom is -0.340 e. The molecule has 1 aliphatic heterocycles. The smallest absolute Gasteiger partial charge is 0.251 e. The predicted octanol–water partition coefficient (Wildman–Crippen LogP) is 0.542. The topological polar surface area (TPSA) is 101 Å². The van der Waals surface area contributed by atoms with Gasteiger partial charge in [-0.1, -0.05) is 0 Å². The van der Waals surface area contributed by atoms with Gasteiger partial charge in [0.05, 0.1) is 18.4 Å². The van der Waals surface area contributed by atoms with Crippen molar-refractivity contribution in [1.82, 2.24) is 29.0 Å². The molecular formula is C18H26N6O3S. The van der Waals surface area contributed by atoms with Crippen LogP contribution in [-0.4, -0.2) is 75.7 Å². The van der Waals surface area contributed by atoms with Crippen LogP contribution in [-0.2, 0) is 21.2 Å². The van der Waals surface area contributed by atoms with E-state index in [0.717, 1.165) is 28.3 Å². The number of amides is 1. The predicted molar refractivity (Wildman–Crippen MR) is 105 cm³/mol. The van der Waals surface area contributed by atoms with Crippen molar-refractivity contribution in [1.29, 1.82) is 0 Å². The first-order valence-electron chi connectivity index (χ1n) is 9.17. The lowest BCUT2D eigenvalue weighted by molar-refractivity contribution is -0.131. The van der Waals surface area contributed by atoms with E-state index in [1.165, 1.54) is 10.6 Å². The van der Waals surface area contributed by atoms with E-state index in [2.05, 4.69) is 15.1 Å². The van der Waals surface area contributed by atoms with E-state index in [1.54, 1.807) is 9.58 Å². The number of hydrogen-bond acceptors (Lipinski definition) is 6. The molecule has 10 heteroatoms. The number of carbonyl (C=O) groups excluding carboxylic acids is 1. The van der Waals surface area contributed by atoms with Gasteiger partial charge in [-0.3, -0.25) is 4.79 Å². The first-order chi connectivity index (χ1) is 13.1. The van der Waals surface area contributed by atoms with Gasteiger partial charge < -0.3 is 4.90 Å². The van der Waals surface area contributed by atoms with Crippen molar-refractivity contribution in [2.24, 2.45) is 0 Å². The van der Waals surface area contributed by atoms with Crippen molar-refractivity contribution in [2.45, 2.75) is 34.1 Å². The highest BCUT2D eigenvalue weighted by Crippen LogP contribution is 2.18. The number of sulfonamides is 1. The fraction of sp³-hybridized carbons (Fsp3) is 0.556. The lowest BCUT2D eigenvalue weighted by Crippen LogP contribution is -2.50. The second-order valence-corrected chi connectivity index (χ2v) is 9.21. The Hall–Kier alpha value is -2.33. The van der Waals surface area contributed by atoms with E-state index in [1.807, 2.05) is 33.8 Å². The van der Waals surface area contributed by atoms with Gasteiger partial charge in [0.2, 0.25) is 15.9 Å². The Kier molecular flexibility index (Phi) is 5.53. The molecule has 3 heterocycles. The summed E-state index contributed by atoms with van der Waals surface area (Å²) in [6, 6.07) is 1.90. The maximum atomic E-state index is 12.8. The van der Waals surface area contributed by atoms with Crippen molar-refractivity contribution in [2.75, 3.05) is 32.4 Å². The number of aromatic nitrogens is 4. The molecule has 1 aliphatic rings. The molecular weight excluding hydrogens is 380 g/mol. The van der Waals surface area contributed by atoms with E-state index < -0.39 is 10.0 Å². The number of aryl methyl sites for hydroxylation is 3. The Morgan fingerprint density at radius 1 is 1.04 bits per heavy atom. The van der Waals surface area contributed by atoms with Gasteiger partial charge >= 0.3 is 0 Å². The van der Waals surface area contributed by atoms with Crippen molar-refractivity contribution in [3.05, 3.63) is 34.4 Å². The average molecular weight is 407 g/mol. The summed E-state index contributed by atoms with van der Waals surface area (Å²) in [7, 11) is -3.21. The van der Waals surface area contributed by atoms with Crippen LogP contribution in [0.5, 0.6) is 0 Å². The molecule has 0 radical (unpaired) electrons. The molecule has 0 N–H and O–H groups in total. The summed E-state index contributed by atoms with van der Waals surface area (Å²) in [6.45, 7) is 9.06. The molecule has 0 atom stereocenters. The molecule has 28 heavy (non-hydrogen) atoms. The Bertz CT molecular complexity index is 986. The lowest BCUT2D eigenvalue weighted by Gasteiger charge is -2.33. The number of hydrogen-bond donors (Lipinski definition) is 0. The molecule has 0 aromatic carbocycles. The van der Waals surface area contributed by atoms with Crippen LogP contribution in [0.3, 0.4) is 0 Å². The monoisotopic (exact) mass is 406 g/mol. The highest BCUT2D eigenvalue weighted by atomic mass is 32.2. The molecule has 0 spiro atoms. The fourth-order valence-electron chi connectivity index (χ4n) is 3.46. The highest BCUT2D eigenvalue weighted by molar-refractivity contribution is 7.88. The van der Waals surface area contributed by atoms with Crippen LogP contribution in [0, 0.1) is 27.7 Å². The van der Waals surface area contributed by atoms with Crippen LogP contribution in [0.15, 0.2) is 6.07 Å². The van der Waals surface area contributed by atoms with Crippen LogP contribution in [0.4, 0.5) is 0 Å². The van der Waals surface area contributed by atoms with Crippen molar-refractivity contribution in [3.63, 3.8) is 0 Å². The summed E-state index contributed by atoms with van der Waals surface area (Å²) in [5.74, 6) is 0.471. The van der Waals surface area contributed by atoms with Gasteiger partial charge in [-0.15, -0.1) is 0 Å². The molecule has 0 bridgehead atoms. The van der Waals surface area contributed by atoms with Crippen LogP contribution < -0.4 is 0 Å². The number of nitrogens with zero attached hydrogens (tertiary/aromatic N) is 6. The SMILES string of the molecule is Cc1cc(C)nc(-n2nc(C)c(CC(=O)N3CCN(S(C)(=O)=O)CC3)c2C)n1. The highest BCUT2D eigenvalue weighted by Gasteiger charge is 2.27. The van der Waals surface area contributed by atoms with E-state index in [9.17, 15) is 13.2 Å². The molecule has 0 saturated carbocycles. The second-order valence-electron chi connectivity index (χ2n) is 7.23. The fourth-order valence-corrected chi connectivity index (χ4v) is 4.29. The molecule has 0 aliphatic carbocycles. The van der Waals surface area contributed by atoms with Crippen molar-refractivity contribution in [3.8, 4) is 5.95 Å². The second kappa shape index (κ2) is 7.59. The summed E-state index contributed by atoms with van der Waals surface area (Å²) in [4.78, 5) is 23.4. The van der Waals surface area contributed by atoms with Crippen LogP contribution >= 0.6 is 0 Å². The molecule has 2 aromatic rings. The van der Waals surface area contributed by atoms with Crippen LogP contribution in [0.25, 0.3) is 5.95 Å². The maximum absolute atomic E-state index is 12.8. The van der Waals surface area contributed by atoms with Gasteiger partial charge in [0.15, 0.2) is 0 Å². The summed E-state index contributed by atoms with van der Waals surface area (Å²) >= 11 is 0. The molecule has 1 fully saturated rings. The Balaban J connectivity index is 1.76. The van der Waals surface area contributed by atoms with Gasteiger partial charge in [0.25, 0.3) is 5.95 Å². The molecule has 9 nitrogen and oxygen atoms in total. The minimum absolute atomic E-state index is 0.0276. The quantitative estimate of drug-likeness (QED) is 0.735. The maximum Gasteiger partial charge on any atom is 0.251 e. The molecule has 152 valence electrons. The molecule has 1 amide bonds. The molecule has 0 unspecified atom stereocenters. The zero-order chi connectivity index (χ0) is 20.6. The largest absolute Gasteiger partial charge is 0.340 e. The van der Waals surface area contributed by atoms with Crippen molar-refractivity contribution >= 4 is 15.9 Å². The van der Waals surface area contributed by atoms with Crippen LogP contribution in [0.2, 0.25) is 0 Å². The van der Waals surface area contributed by atoms with E-state index in [0.29, 0.717) is 32.1 Å². The number of rotatable bonds is 4. The summed E-state index contributed by atoms with van der Waals surface area (Å²) < 4.78 is 26.3. The van der Waals surface area contributed by atoms with Gasteiger partial charge in [-0.2, -0.15) is 9.40 Å². The Morgan fingerprint density at radius 2 is 1.61 bits per heavy atom. The minimum atomic E-state index is -3.21. The van der Waals surface area contributed by atoms with E-state index >= 15 is 0 Å². The molecule has 1 saturated heterocycles. The number of piperazine rings is 1. The third-order valence-corrected chi connectivity index (χ3v) is 6.29. The lowest BCUT2D eigenvalue weighted by atomic mass is 10.1. The van der Waals surface area contributed by atoms with E-state index in [4.69, 9.17) is 0 Å². The van der Waals surface area contributed by atoms with Gasteiger partial charge in [0, 0.05) is 48.8 Å². The van der Waals surface area contributed by atoms with Gasteiger partial charge in [-0.25, -0.2) is 23.1 Å².